The number of piperazine rings is 1. The van der Waals surface area contributed by atoms with Gasteiger partial charge < -0.3 is 19.9 Å². The van der Waals surface area contributed by atoms with Gasteiger partial charge in [-0.15, -0.1) is 11.8 Å². The Kier molecular flexibility index (Phi) is 10.6. The second-order valence-electron chi connectivity index (χ2n) is 12.8. The van der Waals surface area contributed by atoms with E-state index in [1.807, 2.05) is 18.7 Å². The van der Waals surface area contributed by atoms with Gasteiger partial charge in [-0.1, -0.05) is 13.8 Å². The number of amides is 2. The number of nitrogens with zero attached hydrogens (tertiary/aromatic N) is 7. The molecule has 3 aromatic heterocycles. The number of anilines is 1. The van der Waals surface area contributed by atoms with E-state index in [1.54, 1.807) is 30.6 Å². The lowest BCUT2D eigenvalue weighted by atomic mass is 9.79. The number of hydrogen-bond acceptors (Lipinski definition) is 9. The van der Waals surface area contributed by atoms with Gasteiger partial charge in [0, 0.05) is 72.3 Å². The van der Waals surface area contributed by atoms with Crippen LogP contribution in [0.2, 0.25) is 0 Å². The first kappa shape index (κ1) is 34.5. The molecule has 1 aliphatic heterocycles. The Balaban J connectivity index is 1.24. The lowest BCUT2D eigenvalue weighted by Gasteiger charge is -2.36. The van der Waals surface area contributed by atoms with E-state index in [0.717, 1.165) is 31.1 Å². The second-order valence-corrected chi connectivity index (χ2v) is 14.5. The first-order chi connectivity index (χ1) is 23.5. The van der Waals surface area contributed by atoms with E-state index in [-0.39, 0.29) is 63.6 Å². The van der Waals surface area contributed by atoms with Gasteiger partial charge in [-0.25, -0.2) is 9.50 Å². The number of aromatic nitrogens is 5. The van der Waals surface area contributed by atoms with Crippen LogP contribution >= 0.6 is 11.8 Å². The predicted molar refractivity (Wildman–Crippen MR) is 181 cm³/mol. The van der Waals surface area contributed by atoms with Crippen LogP contribution in [-0.4, -0.2) is 96.9 Å². The maximum Gasteiger partial charge on any atom is 0.387 e. The van der Waals surface area contributed by atoms with Crippen LogP contribution in [0.4, 0.5) is 14.5 Å². The second kappa shape index (κ2) is 15.0. The molecular formula is C34H40F2N8O4S. The molecule has 6 rings (SSSR count). The molecule has 0 unspecified atom stereocenters. The summed E-state index contributed by atoms with van der Waals surface area (Å²) in [5, 5.41) is 11.9. The summed E-state index contributed by atoms with van der Waals surface area (Å²) >= 11 is 1.53. The SMILES string of the molecule is CC(C)Sc1ccc(OC(F)F)c(-c2nn(CC(=O)C3CCC(C(=O)N4CCN(C)CC4)CC3)cc2NC(=O)c2cnn3cccnc23)c1. The molecular weight excluding hydrogens is 654 g/mol. The highest BCUT2D eigenvalue weighted by Crippen LogP contribution is 2.39. The van der Waals surface area contributed by atoms with Crippen LogP contribution in [0.5, 0.6) is 5.75 Å². The topological polar surface area (TPSA) is 127 Å². The molecule has 0 spiro atoms. The smallest absolute Gasteiger partial charge is 0.387 e. The largest absolute Gasteiger partial charge is 0.434 e. The van der Waals surface area contributed by atoms with Gasteiger partial charge in [-0.05, 0) is 57.0 Å². The van der Waals surface area contributed by atoms with E-state index in [1.165, 1.54) is 39.4 Å². The number of hydrogen-bond donors (Lipinski definition) is 1. The quantitative estimate of drug-likeness (QED) is 0.214. The number of rotatable bonds is 11. The highest BCUT2D eigenvalue weighted by molar-refractivity contribution is 7.99. The fourth-order valence-electron chi connectivity index (χ4n) is 6.44. The molecule has 2 fully saturated rings. The third-order valence-electron chi connectivity index (χ3n) is 8.99. The van der Waals surface area contributed by atoms with Gasteiger partial charge in [0.15, 0.2) is 11.4 Å². The number of thioether (sulfide) groups is 1. The van der Waals surface area contributed by atoms with Gasteiger partial charge in [0.25, 0.3) is 5.91 Å². The monoisotopic (exact) mass is 694 g/mol. The van der Waals surface area contributed by atoms with E-state index in [0.29, 0.717) is 31.3 Å². The number of ether oxygens (including phenoxy) is 1. The lowest BCUT2D eigenvalue weighted by molar-refractivity contribution is -0.139. The molecule has 15 heteroatoms. The normalized spacial score (nSPS) is 18.7. The summed E-state index contributed by atoms with van der Waals surface area (Å²) in [5.74, 6) is -0.834. The Morgan fingerprint density at radius 1 is 1.06 bits per heavy atom. The molecule has 1 saturated heterocycles. The maximum atomic E-state index is 13.6. The fraction of sp³-hybridized carbons (Fsp3) is 0.471. The molecule has 49 heavy (non-hydrogen) atoms. The van der Waals surface area contributed by atoms with Gasteiger partial charge >= 0.3 is 6.61 Å². The zero-order valence-electron chi connectivity index (χ0n) is 27.7. The van der Waals surface area contributed by atoms with Crippen molar-refractivity contribution >= 4 is 40.7 Å². The number of carbonyl (C=O) groups excluding carboxylic acids is 3. The summed E-state index contributed by atoms with van der Waals surface area (Å²) in [6, 6.07) is 6.53. The first-order valence-electron chi connectivity index (χ1n) is 16.5. The van der Waals surface area contributed by atoms with Crippen molar-refractivity contribution in [2.75, 3.05) is 38.5 Å². The third kappa shape index (κ3) is 8.10. The molecule has 0 radical (unpaired) electrons. The Morgan fingerprint density at radius 3 is 2.51 bits per heavy atom. The number of alkyl halides is 2. The van der Waals surface area contributed by atoms with Gasteiger partial charge in [0.2, 0.25) is 5.91 Å². The summed E-state index contributed by atoms with van der Waals surface area (Å²) in [6.45, 7) is 4.03. The van der Waals surface area contributed by atoms with Gasteiger partial charge in [-0.2, -0.15) is 19.0 Å². The third-order valence-corrected chi connectivity index (χ3v) is 9.99. The average molecular weight is 695 g/mol. The van der Waals surface area contributed by atoms with Gasteiger partial charge in [-0.3, -0.25) is 19.1 Å². The molecule has 1 N–H and O–H groups in total. The average Bonchev–Trinajstić information content (AvgIpc) is 3.69. The first-order valence-corrected chi connectivity index (χ1v) is 17.4. The van der Waals surface area contributed by atoms with E-state index in [4.69, 9.17) is 4.74 Å². The van der Waals surface area contributed by atoms with E-state index in [2.05, 4.69) is 32.4 Å². The Labute approximate surface area is 287 Å². The van der Waals surface area contributed by atoms with Crippen molar-refractivity contribution in [1.29, 1.82) is 0 Å². The van der Waals surface area contributed by atoms with Crippen LogP contribution in [0.1, 0.15) is 49.9 Å². The summed E-state index contributed by atoms with van der Waals surface area (Å²) in [7, 11) is 2.05. The maximum absolute atomic E-state index is 13.6. The van der Waals surface area contributed by atoms with Crippen LogP contribution in [0.15, 0.2) is 53.9 Å². The Hall–Kier alpha value is -4.37. The van der Waals surface area contributed by atoms with Crippen molar-refractivity contribution in [3.05, 3.63) is 54.6 Å². The molecule has 4 aromatic rings. The van der Waals surface area contributed by atoms with Gasteiger partial charge in [0.05, 0.1) is 18.4 Å². The number of benzene rings is 1. The van der Waals surface area contributed by atoms with E-state index in [9.17, 15) is 23.2 Å². The van der Waals surface area contributed by atoms with Crippen LogP contribution in [0.25, 0.3) is 16.9 Å². The minimum absolute atomic E-state index is 0.0441. The zero-order valence-corrected chi connectivity index (χ0v) is 28.5. The minimum Gasteiger partial charge on any atom is -0.434 e. The molecule has 12 nitrogen and oxygen atoms in total. The number of fused-ring (bicyclic) bond motifs is 1. The van der Waals surface area contributed by atoms with Gasteiger partial charge in [0.1, 0.15) is 17.0 Å². The van der Waals surface area contributed by atoms with Crippen molar-refractivity contribution in [2.45, 2.75) is 62.8 Å². The Morgan fingerprint density at radius 2 is 1.80 bits per heavy atom. The van der Waals surface area contributed by atoms with Crippen molar-refractivity contribution in [2.24, 2.45) is 11.8 Å². The fourth-order valence-corrected chi connectivity index (χ4v) is 7.32. The number of carbonyl (C=O) groups is 3. The van der Waals surface area contributed by atoms with E-state index < -0.39 is 12.5 Å². The van der Waals surface area contributed by atoms with Crippen LogP contribution < -0.4 is 10.1 Å². The minimum atomic E-state index is -3.09. The number of ketones is 1. The zero-order chi connectivity index (χ0) is 34.7. The molecule has 2 amide bonds. The Bertz CT molecular complexity index is 1810. The summed E-state index contributed by atoms with van der Waals surface area (Å²) in [6.07, 6.45) is 8.63. The van der Waals surface area contributed by atoms with Crippen molar-refractivity contribution in [1.82, 2.24) is 34.2 Å². The van der Waals surface area contributed by atoms with Crippen LogP contribution in [0.3, 0.4) is 0 Å². The molecule has 1 aliphatic carbocycles. The lowest BCUT2D eigenvalue weighted by Crippen LogP contribution is -2.49. The van der Waals surface area contributed by atoms with Crippen molar-refractivity contribution in [3.63, 3.8) is 0 Å². The molecule has 1 aromatic carbocycles. The summed E-state index contributed by atoms with van der Waals surface area (Å²) < 4.78 is 34.9. The molecule has 2 aliphatic rings. The van der Waals surface area contributed by atoms with Crippen LogP contribution in [-0.2, 0) is 16.1 Å². The summed E-state index contributed by atoms with van der Waals surface area (Å²) in [4.78, 5) is 49.5. The number of Topliss-reactive ketones (excluding diaryl/α,β-unsaturated/α-hetero) is 1. The summed E-state index contributed by atoms with van der Waals surface area (Å²) in [5.41, 5.74) is 1.16. The number of likely N-dealkylation sites (N-methyl/N-ethyl adjacent to an activating group) is 1. The van der Waals surface area contributed by atoms with E-state index >= 15 is 0 Å². The highest BCUT2D eigenvalue weighted by Gasteiger charge is 2.33. The van der Waals surface area contributed by atoms with Crippen molar-refractivity contribution < 1.29 is 27.9 Å². The number of halogens is 2. The number of nitrogens with one attached hydrogen (secondary N) is 1. The highest BCUT2D eigenvalue weighted by atomic mass is 32.2. The van der Waals surface area contributed by atoms with Crippen LogP contribution in [0, 0.1) is 11.8 Å². The standard InChI is InChI=1S/C34H40F2N8O4S/c1-21(2)49-24-9-10-29(48-34(35)36)25(17-24)30-27(39-32(46)26-18-38-44-12-4-11-37-31(26)44)19-43(40-30)20-28(45)22-5-7-23(8-6-22)33(47)42-15-13-41(3)14-16-42/h4,9-12,17-19,21-23,34H,5-8,13-16,20H2,1-3H3,(H,39,46). The molecule has 260 valence electrons. The van der Waals surface area contributed by atoms with Crippen molar-refractivity contribution in [3.8, 4) is 17.0 Å². The molecule has 0 atom stereocenters. The predicted octanol–water partition coefficient (Wildman–Crippen LogP) is 5.10. The molecule has 4 heterocycles. The molecule has 1 saturated carbocycles. The molecule has 0 bridgehead atoms.